The lowest BCUT2D eigenvalue weighted by molar-refractivity contribution is -0.121. The van der Waals surface area contributed by atoms with E-state index in [4.69, 9.17) is 5.73 Å². The number of nitrogens with zero attached hydrogens (tertiary/aromatic N) is 1. The second kappa shape index (κ2) is 8.74. The number of carbonyl (C=O) groups excluding carboxylic acids is 1. The van der Waals surface area contributed by atoms with Gasteiger partial charge in [-0.1, -0.05) is 24.3 Å². The Morgan fingerprint density at radius 3 is 2.70 bits per heavy atom. The van der Waals surface area contributed by atoms with Crippen LogP contribution >= 0.6 is 24.8 Å². The highest BCUT2D eigenvalue weighted by Crippen LogP contribution is 2.15. The van der Waals surface area contributed by atoms with Crippen LogP contribution in [0.1, 0.15) is 18.9 Å². The summed E-state index contributed by atoms with van der Waals surface area (Å²) in [5.74, 6) is -0.0297. The summed E-state index contributed by atoms with van der Waals surface area (Å²) in [6.45, 7) is 2.30. The van der Waals surface area contributed by atoms with E-state index in [0.29, 0.717) is 13.0 Å². The Hall–Kier alpha value is -1.36. The fraction of sp³-hybridized carbons (Fsp3) is 0.286. The molecule has 0 bridgehead atoms. The SMILES string of the molecule is CC(N)CC(=O)NCc1cccc2cccnc12.Cl.Cl. The highest BCUT2D eigenvalue weighted by atomic mass is 35.5. The average Bonchev–Trinajstić information content (AvgIpc) is 2.35. The number of carbonyl (C=O) groups is 1. The van der Waals surface area contributed by atoms with Crippen molar-refractivity contribution >= 4 is 41.6 Å². The van der Waals surface area contributed by atoms with Crippen LogP contribution in [0, 0.1) is 0 Å². The Labute approximate surface area is 131 Å². The molecule has 110 valence electrons. The van der Waals surface area contributed by atoms with Gasteiger partial charge in [0, 0.05) is 30.6 Å². The van der Waals surface area contributed by atoms with E-state index in [1.54, 1.807) is 6.20 Å². The number of benzene rings is 1. The van der Waals surface area contributed by atoms with Crippen molar-refractivity contribution in [1.29, 1.82) is 0 Å². The molecule has 1 atom stereocenters. The van der Waals surface area contributed by atoms with Gasteiger partial charge in [-0.2, -0.15) is 0 Å². The van der Waals surface area contributed by atoms with E-state index in [0.717, 1.165) is 16.5 Å². The van der Waals surface area contributed by atoms with Crippen molar-refractivity contribution in [2.24, 2.45) is 5.73 Å². The van der Waals surface area contributed by atoms with Gasteiger partial charge in [0.1, 0.15) is 0 Å². The van der Waals surface area contributed by atoms with Crippen molar-refractivity contribution in [2.75, 3.05) is 0 Å². The second-order valence-corrected chi connectivity index (χ2v) is 4.45. The molecule has 2 rings (SSSR count). The third-order valence-electron chi connectivity index (χ3n) is 2.70. The van der Waals surface area contributed by atoms with E-state index in [2.05, 4.69) is 10.3 Å². The highest BCUT2D eigenvalue weighted by molar-refractivity contribution is 5.85. The second-order valence-electron chi connectivity index (χ2n) is 4.45. The maximum Gasteiger partial charge on any atom is 0.221 e. The molecule has 4 nitrogen and oxygen atoms in total. The van der Waals surface area contributed by atoms with Crippen molar-refractivity contribution in [2.45, 2.75) is 25.9 Å². The highest BCUT2D eigenvalue weighted by Gasteiger charge is 2.06. The maximum atomic E-state index is 11.6. The zero-order valence-electron chi connectivity index (χ0n) is 11.2. The Bertz CT molecular complexity index is 556. The standard InChI is InChI=1S/C14H17N3O.2ClH/c1-10(15)8-13(18)17-9-12-5-2-4-11-6-3-7-16-14(11)12;;/h2-7,10H,8-9,15H2,1H3,(H,17,18);2*1H. The summed E-state index contributed by atoms with van der Waals surface area (Å²) in [6.07, 6.45) is 2.10. The molecule has 1 amide bonds. The molecule has 3 N–H and O–H groups in total. The Balaban J connectivity index is 0.00000180. The largest absolute Gasteiger partial charge is 0.352 e. The molecule has 0 radical (unpaired) electrons. The molecule has 1 aromatic heterocycles. The number of hydrogen-bond donors (Lipinski definition) is 2. The molecule has 1 aromatic carbocycles. The molecule has 0 saturated carbocycles. The number of hydrogen-bond acceptors (Lipinski definition) is 3. The minimum absolute atomic E-state index is 0. The van der Waals surface area contributed by atoms with Crippen LogP contribution in [-0.4, -0.2) is 16.9 Å². The monoisotopic (exact) mass is 315 g/mol. The number of fused-ring (bicyclic) bond motifs is 1. The first kappa shape index (κ1) is 18.6. The van der Waals surface area contributed by atoms with E-state index in [1.807, 2.05) is 37.3 Å². The summed E-state index contributed by atoms with van der Waals surface area (Å²) in [6, 6.07) is 9.75. The van der Waals surface area contributed by atoms with Crippen LogP contribution in [0.5, 0.6) is 0 Å². The smallest absolute Gasteiger partial charge is 0.221 e. The minimum atomic E-state index is -0.115. The van der Waals surface area contributed by atoms with Gasteiger partial charge in [0.2, 0.25) is 5.91 Å². The van der Waals surface area contributed by atoms with E-state index >= 15 is 0 Å². The summed E-state index contributed by atoms with van der Waals surface area (Å²) in [5, 5.41) is 3.94. The third kappa shape index (κ3) is 4.96. The molecule has 1 heterocycles. The quantitative estimate of drug-likeness (QED) is 0.910. The van der Waals surface area contributed by atoms with Gasteiger partial charge in [-0.3, -0.25) is 9.78 Å². The number of para-hydroxylation sites is 1. The Kier molecular flexibility index (Phi) is 8.15. The van der Waals surface area contributed by atoms with Gasteiger partial charge in [0.25, 0.3) is 0 Å². The van der Waals surface area contributed by atoms with Crippen LogP contribution in [0.15, 0.2) is 36.5 Å². The number of nitrogens with one attached hydrogen (secondary N) is 1. The van der Waals surface area contributed by atoms with Crippen LogP contribution in [-0.2, 0) is 11.3 Å². The number of nitrogens with two attached hydrogens (primary N) is 1. The normalized spacial score (nSPS) is 11.1. The van der Waals surface area contributed by atoms with E-state index in [9.17, 15) is 4.79 Å². The number of pyridine rings is 1. The molecule has 6 heteroatoms. The molecule has 0 saturated heterocycles. The van der Waals surface area contributed by atoms with Crippen molar-refractivity contribution in [3.63, 3.8) is 0 Å². The molecule has 2 aromatic rings. The number of rotatable bonds is 4. The molecular formula is C14H19Cl2N3O. The summed E-state index contributed by atoms with van der Waals surface area (Å²) >= 11 is 0. The van der Waals surface area contributed by atoms with Gasteiger partial charge in [-0.25, -0.2) is 0 Å². The predicted octanol–water partition coefficient (Wildman–Crippen LogP) is 2.43. The van der Waals surface area contributed by atoms with Crippen LogP contribution < -0.4 is 11.1 Å². The van der Waals surface area contributed by atoms with Gasteiger partial charge in [0.05, 0.1) is 5.52 Å². The van der Waals surface area contributed by atoms with Gasteiger partial charge >= 0.3 is 0 Å². The topological polar surface area (TPSA) is 68.0 Å². The number of halogens is 2. The summed E-state index contributed by atoms with van der Waals surface area (Å²) in [7, 11) is 0. The summed E-state index contributed by atoms with van der Waals surface area (Å²) < 4.78 is 0. The Morgan fingerprint density at radius 2 is 2.00 bits per heavy atom. The summed E-state index contributed by atoms with van der Waals surface area (Å²) in [4.78, 5) is 15.9. The lowest BCUT2D eigenvalue weighted by Crippen LogP contribution is -2.29. The van der Waals surface area contributed by atoms with Crippen molar-refractivity contribution in [3.05, 3.63) is 42.1 Å². The van der Waals surface area contributed by atoms with E-state index in [-0.39, 0.29) is 36.8 Å². The molecular weight excluding hydrogens is 297 g/mol. The van der Waals surface area contributed by atoms with Crippen LogP contribution in [0.3, 0.4) is 0 Å². The van der Waals surface area contributed by atoms with Crippen LogP contribution in [0.25, 0.3) is 10.9 Å². The minimum Gasteiger partial charge on any atom is -0.352 e. The zero-order valence-corrected chi connectivity index (χ0v) is 12.8. The first-order chi connectivity index (χ1) is 8.66. The molecule has 0 fully saturated rings. The molecule has 0 aliphatic carbocycles. The fourth-order valence-electron chi connectivity index (χ4n) is 1.87. The van der Waals surface area contributed by atoms with Crippen molar-refractivity contribution < 1.29 is 4.79 Å². The van der Waals surface area contributed by atoms with E-state index < -0.39 is 0 Å². The van der Waals surface area contributed by atoms with Gasteiger partial charge in [-0.15, -0.1) is 24.8 Å². The molecule has 0 aliphatic heterocycles. The van der Waals surface area contributed by atoms with E-state index in [1.165, 1.54) is 0 Å². The van der Waals surface area contributed by atoms with Gasteiger partial charge < -0.3 is 11.1 Å². The molecule has 1 unspecified atom stereocenters. The molecule has 0 spiro atoms. The lowest BCUT2D eigenvalue weighted by Gasteiger charge is -2.09. The van der Waals surface area contributed by atoms with Gasteiger partial charge in [-0.05, 0) is 18.6 Å². The summed E-state index contributed by atoms with van der Waals surface area (Å²) in [5.41, 5.74) is 7.53. The van der Waals surface area contributed by atoms with Gasteiger partial charge in [0.15, 0.2) is 0 Å². The molecule has 20 heavy (non-hydrogen) atoms. The van der Waals surface area contributed by atoms with Crippen molar-refractivity contribution in [1.82, 2.24) is 10.3 Å². The Morgan fingerprint density at radius 1 is 1.30 bits per heavy atom. The predicted molar refractivity (Wildman–Crippen MR) is 86.4 cm³/mol. The molecule has 0 aliphatic rings. The zero-order chi connectivity index (χ0) is 13.0. The first-order valence-corrected chi connectivity index (χ1v) is 6.01. The van der Waals surface area contributed by atoms with Crippen LogP contribution in [0.2, 0.25) is 0 Å². The van der Waals surface area contributed by atoms with Crippen molar-refractivity contribution in [3.8, 4) is 0 Å². The maximum absolute atomic E-state index is 11.6. The lowest BCUT2D eigenvalue weighted by atomic mass is 10.1. The number of aromatic nitrogens is 1. The average molecular weight is 316 g/mol. The van der Waals surface area contributed by atoms with Crippen LogP contribution in [0.4, 0.5) is 0 Å². The third-order valence-corrected chi connectivity index (χ3v) is 2.70. The fourth-order valence-corrected chi connectivity index (χ4v) is 1.87. The first-order valence-electron chi connectivity index (χ1n) is 6.01. The number of amides is 1.